The summed E-state index contributed by atoms with van der Waals surface area (Å²) < 4.78 is 0. The molecule has 0 atom stereocenters. The molecule has 0 saturated carbocycles. The van der Waals surface area contributed by atoms with Gasteiger partial charge in [0.15, 0.2) is 0 Å². The van der Waals surface area contributed by atoms with Crippen LogP contribution in [0.25, 0.3) is 6.08 Å². The molecular formula is C22H26N2O2S. The number of carbonyl (C=O) groups is 2. The minimum Gasteiger partial charge on any atom is -0.365 e. The van der Waals surface area contributed by atoms with Crippen LogP contribution in [0, 0.1) is 0 Å². The van der Waals surface area contributed by atoms with E-state index in [1.807, 2.05) is 12.1 Å². The van der Waals surface area contributed by atoms with Crippen molar-refractivity contribution in [3.63, 3.8) is 0 Å². The third-order valence-corrected chi connectivity index (χ3v) is 6.14. The number of benzene rings is 1. The number of nitrogens with two attached hydrogens (primary N) is 1. The number of carbonyl (C=O) groups excluding carboxylic acids is 2. The van der Waals surface area contributed by atoms with Crippen molar-refractivity contribution in [2.45, 2.75) is 51.9 Å². The monoisotopic (exact) mass is 382 g/mol. The van der Waals surface area contributed by atoms with Crippen LogP contribution in [-0.4, -0.2) is 11.8 Å². The van der Waals surface area contributed by atoms with Gasteiger partial charge in [0.05, 0.1) is 5.56 Å². The molecule has 3 rings (SSSR count). The van der Waals surface area contributed by atoms with Crippen molar-refractivity contribution in [1.29, 1.82) is 0 Å². The van der Waals surface area contributed by atoms with Crippen LogP contribution in [0.15, 0.2) is 30.3 Å². The van der Waals surface area contributed by atoms with Crippen LogP contribution in [0.4, 0.5) is 5.00 Å². The average Bonchev–Trinajstić information content (AvgIpc) is 2.81. The zero-order valence-electron chi connectivity index (χ0n) is 15.9. The Kier molecular flexibility index (Phi) is 6.11. The summed E-state index contributed by atoms with van der Waals surface area (Å²) in [5.41, 5.74) is 9.38. The van der Waals surface area contributed by atoms with Gasteiger partial charge in [0.1, 0.15) is 5.00 Å². The molecule has 2 amide bonds. The molecular weight excluding hydrogens is 356 g/mol. The number of hydrogen-bond acceptors (Lipinski definition) is 3. The molecule has 0 aliphatic heterocycles. The van der Waals surface area contributed by atoms with E-state index in [1.165, 1.54) is 34.3 Å². The summed E-state index contributed by atoms with van der Waals surface area (Å²) in [6.45, 7) is 4.30. The Morgan fingerprint density at radius 1 is 1.11 bits per heavy atom. The second kappa shape index (κ2) is 8.53. The number of amides is 2. The number of primary amides is 1. The Morgan fingerprint density at radius 2 is 1.81 bits per heavy atom. The predicted octanol–water partition coefficient (Wildman–Crippen LogP) is 4.89. The van der Waals surface area contributed by atoms with E-state index in [4.69, 9.17) is 5.73 Å². The summed E-state index contributed by atoms with van der Waals surface area (Å²) in [5, 5.41) is 3.44. The fourth-order valence-corrected chi connectivity index (χ4v) is 4.71. The highest BCUT2D eigenvalue weighted by Gasteiger charge is 2.23. The van der Waals surface area contributed by atoms with Gasteiger partial charge < -0.3 is 11.1 Å². The number of thiophene rings is 1. The fraction of sp³-hybridized carbons (Fsp3) is 0.364. The molecule has 1 aliphatic rings. The summed E-state index contributed by atoms with van der Waals surface area (Å²) in [4.78, 5) is 25.5. The van der Waals surface area contributed by atoms with E-state index in [0.29, 0.717) is 16.5 Å². The standard InChI is InChI=1S/C22H26N2O2S/c1-14(2)16-11-8-15(9-12-16)10-13-19(25)24-22-20(21(23)26)17-6-4-3-5-7-18(17)27-22/h8-14H,3-7H2,1-2H3,(H2,23,26)(H,24,25). The Morgan fingerprint density at radius 3 is 2.48 bits per heavy atom. The van der Waals surface area contributed by atoms with E-state index in [2.05, 4.69) is 31.3 Å². The van der Waals surface area contributed by atoms with Gasteiger partial charge in [-0.05, 0) is 54.4 Å². The van der Waals surface area contributed by atoms with Gasteiger partial charge in [-0.2, -0.15) is 0 Å². The third-order valence-electron chi connectivity index (χ3n) is 4.93. The molecule has 2 aromatic rings. The maximum absolute atomic E-state index is 12.4. The fourth-order valence-electron chi connectivity index (χ4n) is 3.41. The number of aryl methyl sites for hydroxylation is 1. The Bertz CT molecular complexity index is 863. The van der Waals surface area contributed by atoms with Crippen LogP contribution in [0.3, 0.4) is 0 Å². The molecule has 0 spiro atoms. The number of hydrogen-bond donors (Lipinski definition) is 2. The second-order valence-electron chi connectivity index (χ2n) is 7.28. The summed E-state index contributed by atoms with van der Waals surface area (Å²) in [6, 6.07) is 8.15. The van der Waals surface area contributed by atoms with E-state index in [1.54, 1.807) is 6.08 Å². The lowest BCUT2D eigenvalue weighted by molar-refractivity contribution is -0.111. The van der Waals surface area contributed by atoms with Gasteiger partial charge in [0.2, 0.25) is 5.91 Å². The van der Waals surface area contributed by atoms with Crippen molar-refractivity contribution in [3.8, 4) is 0 Å². The molecule has 142 valence electrons. The summed E-state index contributed by atoms with van der Waals surface area (Å²) >= 11 is 1.49. The first kappa shape index (κ1) is 19.4. The van der Waals surface area contributed by atoms with E-state index >= 15 is 0 Å². The van der Waals surface area contributed by atoms with Crippen molar-refractivity contribution < 1.29 is 9.59 Å². The minimum atomic E-state index is -0.460. The molecule has 0 radical (unpaired) electrons. The highest BCUT2D eigenvalue weighted by Crippen LogP contribution is 2.37. The molecule has 3 N–H and O–H groups in total. The quantitative estimate of drug-likeness (QED) is 0.571. The maximum Gasteiger partial charge on any atom is 0.251 e. The first-order chi connectivity index (χ1) is 13.0. The van der Waals surface area contributed by atoms with Gasteiger partial charge >= 0.3 is 0 Å². The molecule has 4 nitrogen and oxygen atoms in total. The minimum absolute atomic E-state index is 0.248. The number of rotatable bonds is 5. The second-order valence-corrected chi connectivity index (χ2v) is 8.38. The van der Waals surface area contributed by atoms with Crippen molar-refractivity contribution in [2.24, 2.45) is 5.73 Å². The highest BCUT2D eigenvalue weighted by atomic mass is 32.1. The number of nitrogens with one attached hydrogen (secondary N) is 1. The van der Waals surface area contributed by atoms with Gasteiger partial charge in [-0.1, -0.05) is 44.5 Å². The van der Waals surface area contributed by atoms with Gasteiger partial charge in [-0.3, -0.25) is 9.59 Å². The van der Waals surface area contributed by atoms with Crippen LogP contribution >= 0.6 is 11.3 Å². The highest BCUT2D eigenvalue weighted by molar-refractivity contribution is 7.17. The van der Waals surface area contributed by atoms with Crippen molar-refractivity contribution in [2.75, 3.05) is 5.32 Å². The van der Waals surface area contributed by atoms with Gasteiger partial charge in [-0.25, -0.2) is 0 Å². The molecule has 1 aromatic carbocycles. The van der Waals surface area contributed by atoms with Crippen LogP contribution in [-0.2, 0) is 17.6 Å². The maximum atomic E-state index is 12.4. The number of anilines is 1. The van der Waals surface area contributed by atoms with E-state index in [0.717, 1.165) is 36.8 Å². The lowest BCUT2D eigenvalue weighted by Gasteiger charge is -2.05. The molecule has 27 heavy (non-hydrogen) atoms. The Hall–Kier alpha value is -2.40. The van der Waals surface area contributed by atoms with Gasteiger partial charge in [0.25, 0.3) is 5.91 Å². The topological polar surface area (TPSA) is 72.2 Å². The van der Waals surface area contributed by atoms with E-state index in [9.17, 15) is 9.59 Å². The predicted molar refractivity (Wildman–Crippen MR) is 112 cm³/mol. The van der Waals surface area contributed by atoms with Crippen LogP contribution in [0.5, 0.6) is 0 Å². The van der Waals surface area contributed by atoms with E-state index < -0.39 is 5.91 Å². The Labute approximate surface area is 164 Å². The van der Waals surface area contributed by atoms with Gasteiger partial charge in [-0.15, -0.1) is 11.3 Å². The van der Waals surface area contributed by atoms with Crippen molar-refractivity contribution in [3.05, 3.63) is 57.5 Å². The van der Waals surface area contributed by atoms with Crippen molar-refractivity contribution >= 4 is 34.2 Å². The smallest absolute Gasteiger partial charge is 0.251 e. The number of fused-ring (bicyclic) bond motifs is 1. The summed E-state index contributed by atoms with van der Waals surface area (Å²) in [7, 11) is 0. The first-order valence-electron chi connectivity index (χ1n) is 9.49. The SMILES string of the molecule is CC(C)c1ccc(C=CC(=O)Nc2sc3c(c2C(N)=O)CCCCC3)cc1. The molecule has 0 fully saturated rings. The van der Waals surface area contributed by atoms with Crippen LogP contribution < -0.4 is 11.1 Å². The van der Waals surface area contributed by atoms with Gasteiger partial charge in [0, 0.05) is 11.0 Å². The molecule has 5 heteroatoms. The van der Waals surface area contributed by atoms with E-state index in [-0.39, 0.29) is 5.91 Å². The summed E-state index contributed by atoms with van der Waals surface area (Å²) in [5.74, 6) is -0.229. The average molecular weight is 383 g/mol. The molecule has 1 aromatic heterocycles. The van der Waals surface area contributed by atoms with Crippen LogP contribution in [0.1, 0.15) is 71.0 Å². The molecule has 0 saturated heterocycles. The molecule has 1 aliphatic carbocycles. The van der Waals surface area contributed by atoms with Crippen molar-refractivity contribution in [1.82, 2.24) is 0 Å². The lowest BCUT2D eigenvalue weighted by atomic mass is 10.0. The third kappa shape index (κ3) is 4.66. The molecule has 1 heterocycles. The van der Waals surface area contributed by atoms with Crippen LogP contribution in [0.2, 0.25) is 0 Å². The first-order valence-corrected chi connectivity index (χ1v) is 10.3. The zero-order chi connectivity index (χ0) is 19.4. The molecule has 0 bridgehead atoms. The molecule has 0 unspecified atom stereocenters. The lowest BCUT2D eigenvalue weighted by Crippen LogP contribution is -2.16. The normalized spacial score (nSPS) is 14.2. The largest absolute Gasteiger partial charge is 0.365 e. The summed E-state index contributed by atoms with van der Waals surface area (Å²) in [6.07, 6.45) is 8.43. The zero-order valence-corrected chi connectivity index (χ0v) is 16.7. The Balaban J connectivity index is 1.75.